The quantitative estimate of drug-likeness (QED) is 0.136. The third-order valence-corrected chi connectivity index (χ3v) is 5.09. The summed E-state index contributed by atoms with van der Waals surface area (Å²) in [6.07, 6.45) is -2.55. The number of benzene rings is 3. The number of ether oxygens (including phenoxy) is 1. The van der Waals surface area contributed by atoms with Crippen LogP contribution in [0.1, 0.15) is 11.3 Å². The first kappa shape index (κ1) is 23.3. The van der Waals surface area contributed by atoms with Crippen molar-refractivity contribution in [2.45, 2.75) is 6.18 Å². The zero-order valence-electron chi connectivity index (χ0n) is 17.0. The first-order valence-electron chi connectivity index (χ1n) is 9.72. The highest BCUT2D eigenvalue weighted by Gasteiger charge is 2.39. The minimum atomic E-state index is -4.99. The molecule has 0 atom stereocenters. The number of hydrogen-bond acceptors (Lipinski definition) is 4. The van der Waals surface area contributed by atoms with Crippen LogP contribution in [0.3, 0.4) is 0 Å². The van der Waals surface area contributed by atoms with Gasteiger partial charge < -0.3 is 9.15 Å². The molecule has 0 radical (unpaired) electrons. The molecule has 0 N–H and O–H groups in total. The zero-order valence-corrected chi connectivity index (χ0v) is 17.8. The van der Waals surface area contributed by atoms with Crippen LogP contribution in [-0.2, 0) is 11.0 Å². The van der Waals surface area contributed by atoms with Crippen molar-refractivity contribution in [2.24, 2.45) is 0 Å². The number of rotatable bonds is 4. The highest BCUT2D eigenvalue weighted by molar-refractivity contribution is 6.33. The van der Waals surface area contributed by atoms with E-state index in [1.807, 2.05) is 0 Å². The second-order valence-electron chi connectivity index (χ2n) is 7.08. The summed E-state index contributed by atoms with van der Waals surface area (Å²) < 4.78 is 64.5. The van der Waals surface area contributed by atoms with Gasteiger partial charge in [-0.2, -0.15) is 13.2 Å². The van der Waals surface area contributed by atoms with Crippen molar-refractivity contribution in [3.8, 4) is 16.9 Å². The van der Waals surface area contributed by atoms with Gasteiger partial charge in [0.05, 0.1) is 10.9 Å². The molecular formula is C25H13ClF4O4. The molecule has 0 aliphatic heterocycles. The number of halogens is 5. The van der Waals surface area contributed by atoms with E-state index in [2.05, 4.69) is 0 Å². The summed E-state index contributed by atoms with van der Waals surface area (Å²) in [6, 6.07) is 14.4. The maximum atomic E-state index is 13.8. The van der Waals surface area contributed by atoms with E-state index >= 15 is 0 Å². The molecule has 4 aromatic rings. The third kappa shape index (κ3) is 4.87. The number of alkyl halides is 3. The summed E-state index contributed by atoms with van der Waals surface area (Å²) in [7, 11) is 0. The predicted octanol–water partition coefficient (Wildman–Crippen LogP) is 6.89. The van der Waals surface area contributed by atoms with E-state index in [9.17, 15) is 27.2 Å². The Bertz CT molecular complexity index is 1470. The van der Waals surface area contributed by atoms with E-state index < -0.39 is 40.3 Å². The van der Waals surface area contributed by atoms with Gasteiger partial charge in [-0.25, -0.2) is 9.18 Å². The largest absolute Gasteiger partial charge is 0.450 e. The summed E-state index contributed by atoms with van der Waals surface area (Å²) in [6.45, 7) is 0. The van der Waals surface area contributed by atoms with E-state index in [0.29, 0.717) is 5.56 Å². The normalized spacial score (nSPS) is 11.8. The van der Waals surface area contributed by atoms with E-state index in [-0.39, 0.29) is 21.7 Å². The molecule has 0 bridgehead atoms. The molecule has 0 aliphatic rings. The van der Waals surface area contributed by atoms with Gasteiger partial charge in [-0.15, -0.1) is 0 Å². The van der Waals surface area contributed by atoms with Gasteiger partial charge in [0.2, 0.25) is 11.2 Å². The molecular weight excluding hydrogens is 476 g/mol. The smallest absolute Gasteiger partial charge is 0.450 e. The van der Waals surface area contributed by atoms with Gasteiger partial charge in [-0.1, -0.05) is 41.9 Å². The van der Waals surface area contributed by atoms with Crippen LogP contribution in [0.25, 0.3) is 28.2 Å². The Morgan fingerprint density at radius 3 is 2.38 bits per heavy atom. The fourth-order valence-corrected chi connectivity index (χ4v) is 3.46. The van der Waals surface area contributed by atoms with Gasteiger partial charge in [0.1, 0.15) is 17.1 Å². The molecule has 0 unspecified atom stereocenters. The van der Waals surface area contributed by atoms with Gasteiger partial charge in [-0.3, -0.25) is 4.79 Å². The number of hydrogen-bond donors (Lipinski definition) is 0. The number of esters is 1. The fourth-order valence-electron chi connectivity index (χ4n) is 3.23. The Hall–Kier alpha value is -3.91. The highest BCUT2D eigenvalue weighted by Crippen LogP contribution is 2.39. The lowest BCUT2D eigenvalue weighted by atomic mass is 10.0. The van der Waals surface area contributed by atoms with Crippen molar-refractivity contribution >= 4 is 34.6 Å². The molecule has 1 heterocycles. The predicted molar refractivity (Wildman–Crippen MR) is 119 cm³/mol. The van der Waals surface area contributed by atoms with E-state index in [1.165, 1.54) is 66.7 Å². The molecule has 1 aromatic heterocycles. The van der Waals surface area contributed by atoms with E-state index in [4.69, 9.17) is 20.8 Å². The Balaban J connectivity index is 1.72. The molecule has 0 amide bonds. The van der Waals surface area contributed by atoms with Gasteiger partial charge in [0.25, 0.3) is 0 Å². The van der Waals surface area contributed by atoms with Crippen molar-refractivity contribution in [1.82, 2.24) is 0 Å². The maximum Gasteiger partial charge on any atom is 0.450 e. The van der Waals surface area contributed by atoms with Gasteiger partial charge in [-0.05, 0) is 42.0 Å². The van der Waals surface area contributed by atoms with E-state index in [1.54, 1.807) is 0 Å². The number of fused-ring (bicyclic) bond motifs is 1. The summed E-state index contributed by atoms with van der Waals surface area (Å²) in [5.74, 6) is -2.93. The van der Waals surface area contributed by atoms with Crippen LogP contribution in [0.5, 0.6) is 5.75 Å². The number of carbonyl (C=O) groups excluding carboxylic acids is 1. The number of carbonyl (C=O) groups is 1. The first-order chi connectivity index (χ1) is 16.1. The molecule has 4 nitrogen and oxygen atoms in total. The van der Waals surface area contributed by atoms with Crippen LogP contribution in [0.2, 0.25) is 5.02 Å². The molecule has 34 heavy (non-hydrogen) atoms. The standard InChI is InChI=1S/C25H13ClF4O4/c26-19-4-2-1-3-17(19)22-23(32)18-11-10-16(13-20(18)34-24(22)25(28,29)30)33-21(31)12-7-14-5-8-15(27)9-6-14/h1-13H. The molecule has 4 rings (SSSR count). The second kappa shape index (κ2) is 9.15. The minimum absolute atomic E-state index is 0.0434. The molecule has 0 saturated heterocycles. The van der Waals surface area contributed by atoms with Crippen molar-refractivity contribution in [3.63, 3.8) is 0 Å². The Kier molecular flexibility index (Phi) is 6.26. The lowest BCUT2D eigenvalue weighted by molar-refractivity contribution is -0.152. The van der Waals surface area contributed by atoms with Crippen LogP contribution in [-0.4, -0.2) is 5.97 Å². The van der Waals surface area contributed by atoms with Crippen LogP contribution in [0, 0.1) is 5.82 Å². The van der Waals surface area contributed by atoms with Gasteiger partial charge >= 0.3 is 12.1 Å². The van der Waals surface area contributed by atoms with Crippen molar-refractivity contribution < 1.29 is 31.5 Å². The monoisotopic (exact) mass is 488 g/mol. The van der Waals surface area contributed by atoms with Crippen LogP contribution >= 0.6 is 11.6 Å². The third-order valence-electron chi connectivity index (χ3n) is 4.76. The topological polar surface area (TPSA) is 56.5 Å². The minimum Gasteiger partial charge on any atom is -0.450 e. The molecule has 0 aliphatic carbocycles. The molecule has 3 aromatic carbocycles. The first-order valence-corrected chi connectivity index (χ1v) is 10.1. The lowest BCUT2D eigenvalue weighted by Crippen LogP contribution is -2.16. The zero-order chi connectivity index (χ0) is 24.5. The molecule has 172 valence electrons. The van der Waals surface area contributed by atoms with Crippen molar-refractivity contribution in [2.75, 3.05) is 0 Å². The Morgan fingerprint density at radius 1 is 1.00 bits per heavy atom. The average Bonchev–Trinajstić information content (AvgIpc) is 2.78. The Morgan fingerprint density at radius 2 is 1.71 bits per heavy atom. The Labute approximate surface area is 194 Å². The second-order valence-corrected chi connectivity index (χ2v) is 7.48. The van der Waals surface area contributed by atoms with Gasteiger partial charge in [0.15, 0.2) is 0 Å². The summed E-state index contributed by atoms with van der Waals surface area (Å²) in [5, 5.41) is -0.192. The van der Waals surface area contributed by atoms with E-state index in [0.717, 1.165) is 12.1 Å². The molecule has 0 fully saturated rings. The lowest BCUT2D eigenvalue weighted by Gasteiger charge is -2.14. The van der Waals surface area contributed by atoms with Crippen LogP contribution in [0.4, 0.5) is 17.6 Å². The molecule has 0 saturated carbocycles. The average molecular weight is 489 g/mol. The van der Waals surface area contributed by atoms with Crippen molar-refractivity contribution in [3.05, 3.63) is 105 Å². The molecule has 9 heteroatoms. The van der Waals surface area contributed by atoms with Gasteiger partial charge in [0, 0.05) is 22.7 Å². The summed E-state index contributed by atoms with van der Waals surface area (Å²) in [5.41, 5.74) is -1.65. The highest BCUT2D eigenvalue weighted by atomic mass is 35.5. The molecule has 0 spiro atoms. The van der Waals surface area contributed by atoms with Crippen LogP contribution < -0.4 is 10.2 Å². The maximum absolute atomic E-state index is 13.8. The summed E-state index contributed by atoms with van der Waals surface area (Å²) >= 11 is 6.04. The fraction of sp³-hybridized carbons (Fsp3) is 0.0400. The summed E-state index contributed by atoms with van der Waals surface area (Å²) in [4.78, 5) is 25.1. The SMILES string of the molecule is O=C(C=Cc1ccc(F)cc1)Oc1ccc2c(=O)c(-c3ccccc3Cl)c(C(F)(F)F)oc2c1. The van der Waals surface area contributed by atoms with Crippen LogP contribution in [0.15, 0.2) is 82.0 Å². The van der Waals surface area contributed by atoms with Crippen molar-refractivity contribution in [1.29, 1.82) is 0 Å².